The topological polar surface area (TPSA) is 21.7 Å². The minimum absolute atomic E-state index is 0.0200. The largest absolute Gasteiger partial charge is 0.384 e. The van der Waals surface area contributed by atoms with Crippen LogP contribution in [0.4, 0.5) is 8.78 Å². The van der Waals surface area contributed by atoms with Gasteiger partial charge in [0.25, 0.3) is 5.92 Å². The van der Waals surface area contributed by atoms with Gasteiger partial charge in [-0.15, -0.1) is 0 Å². The van der Waals surface area contributed by atoms with Gasteiger partial charge in [-0.25, -0.2) is 8.78 Å². The fourth-order valence-corrected chi connectivity index (χ4v) is 3.37. The molecule has 1 atom stereocenters. The van der Waals surface area contributed by atoms with Crippen LogP contribution in [-0.4, -0.2) is 57.4 Å². The second kappa shape index (κ2) is 3.62. The van der Waals surface area contributed by atoms with Crippen LogP contribution in [0, 0.1) is 10.8 Å². The van der Waals surface area contributed by atoms with Gasteiger partial charge in [0, 0.05) is 45.2 Å². The van der Waals surface area contributed by atoms with E-state index in [1.54, 1.807) is 0 Å². The van der Waals surface area contributed by atoms with E-state index in [2.05, 4.69) is 4.90 Å². The molecule has 0 N–H and O–H groups in total. The molecule has 0 amide bonds. The molecule has 3 fully saturated rings. The van der Waals surface area contributed by atoms with Crippen LogP contribution in [-0.2, 0) is 9.47 Å². The fourth-order valence-electron chi connectivity index (χ4n) is 3.37. The van der Waals surface area contributed by atoms with Crippen LogP contribution >= 0.6 is 0 Å². The summed E-state index contributed by atoms with van der Waals surface area (Å²) in [5.41, 5.74) is -0.638. The summed E-state index contributed by atoms with van der Waals surface area (Å²) in [5, 5.41) is 0. The molecule has 0 aromatic heterocycles. The second-order valence-corrected chi connectivity index (χ2v) is 6.04. The molecular weight excluding hydrogens is 228 g/mol. The molecular formula is C12H19F2NO2. The molecule has 5 heteroatoms. The van der Waals surface area contributed by atoms with Crippen LogP contribution in [0.2, 0.25) is 0 Å². The third-order valence-electron chi connectivity index (χ3n) is 4.46. The Morgan fingerprint density at radius 1 is 1.35 bits per heavy atom. The maximum Gasteiger partial charge on any atom is 0.258 e. The molecule has 0 unspecified atom stereocenters. The van der Waals surface area contributed by atoms with E-state index in [0.29, 0.717) is 6.54 Å². The van der Waals surface area contributed by atoms with E-state index in [1.165, 1.54) is 7.11 Å². The van der Waals surface area contributed by atoms with Crippen molar-refractivity contribution in [1.82, 2.24) is 4.90 Å². The van der Waals surface area contributed by atoms with Crippen molar-refractivity contribution in [3.05, 3.63) is 0 Å². The highest BCUT2D eigenvalue weighted by molar-refractivity contribution is 5.13. The fraction of sp³-hybridized carbons (Fsp3) is 1.00. The molecule has 3 aliphatic rings. The molecule has 2 saturated heterocycles. The minimum Gasteiger partial charge on any atom is -0.384 e. The Hall–Kier alpha value is -0.260. The molecule has 3 rings (SSSR count). The number of rotatable bonds is 4. The first-order valence-corrected chi connectivity index (χ1v) is 6.18. The van der Waals surface area contributed by atoms with Crippen LogP contribution in [0.3, 0.4) is 0 Å². The zero-order chi connectivity index (χ0) is 12.1. The van der Waals surface area contributed by atoms with Gasteiger partial charge in [0.1, 0.15) is 0 Å². The predicted octanol–water partition coefficient (Wildman–Crippen LogP) is 1.38. The van der Waals surface area contributed by atoms with Gasteiger partial charge in [-0.1, -0.05) is 0 Å². The molecule has 1 aliphatic carbocycles. The van der Waals surface area contributed by atoms with Gasteiger partial charge in [-0.2, -0.15) is 0 Å². The van der Waals surface area contributed by atoms with Crippen LogP contribution in [0.1, 0.15) is 12.8 Å². The van der Waals surface area contributed by atoms with Crippen molar-refractivity contribution >= 4 is 0 Å². The number of halogens is 2. The quantitative estimate of drug-likeness (QED) is 0.749. The molecule has 17 heavy (non-hydrogen) atoms. The van der Waals surface area contributed by atoms with Crippen molar-refractivity contribution in [3.8, 4) is 0 Å². The maximum atomic E-state index is 13.4. The highest BCUT2D eigenvalue weighted by Crippen LogP contribution is 2.61. The number of ether oxygens (including phenoxy) is 2. The minimum atomic E-state index is -2.53. The van der Waals surface area contributed by atoms with Crippen LogP contribution in [0.15, 0.2) is 0 Å². The summed E-state index contributed by atoms with van der Waals surface area (Å²) in [6.07, 6.45) is 1.06. The van der Waals surface area contributed by atoms with Crippen molar-refractivity contribution < 1.29 is 18.3 Å². The van der Waals surface area contributed by atoms with Crippen molar-refractivity contribution in [2.75, 3.05) is 46.6 Å². The molecule has 0 aromatic rings. The lowest BCUT2D eigenvalue weighted by Gasteiger charge is -2.48. The second-order valence-electron chi connectivity index (χ2n) is 6.04. The first kappa shape index (κ1) is 11.8. The Balaban J connectivity index is 1.55. The molecule has 2 heterocycles. The Bertz CT molecular complexity index is 310. The van der Waals surface area contributed by atoms with Gasteiger partial charge < -0.3 is 14.4 Å². The summed E-state index contributed by atoms with van der Waals surface area (Å²) in [6.45, 7) is 4.09. The van der Waals surface area contributed by atoms with Crippen LogP contribution < -0.4 is 0 Å². The highest BCUT2D eigenvalue weighted by atomic mass is 19.3. The lowest BCUT2D eigenvalue weighted by molar-refractivity contribution is -0.0532. The zero-order valence-corrected chi connectivity index (χ0v) is 10.2. The van der Waals surface area contributed by atoms with Gasteiger partial charge >= 0.3 is 0 Å². The highest BCUT2D eigenvalue weighted by Gasteiger charge is 2.72. The van der Waals surface area contributed by atoms with E-state index in [4.69, 9.17) is 9.47 Å². The Morgan fingerprint density at radius 2 is 2.06 bits per heavy atom. The molecule has 1 spiro atoms. The van der Waals surface area contributed by atoms with E-state index >= 15 is 0 Å². The number of methoxy groups -OCH3 is 1. The molecule has 0 bridgehead atoms. The molecule has 2 aliphatic heterocycles. The molecule has 3 nitrogen and oxygen atoms in total. The van der Waals surface area contributed by atoms with Gasteiger partial charge in [0.15, 0.2) is 0 Å². The first-order chi connectivity index (χ1) is 8.01. The normalized spacial score (nSPS) is 38.3. The van der Waals surface area contributed by atoms with E-state index < -0.39 is 11.3 Å². The summed E-state index contributed by atoms with van der Waals surface area (Å²) in [7, 11) is 1.50. The molecule has 0 radical (unpaired) electrons. The monoisotopic (exact) mass is 247 g/mol. The van der Waals surface area contributed by atoms with Crippen LogP contribution in [0.25, 0.3) is 0 Å². The molecule has 0 aromatic carbocycles. The van der Waals surface area contributed by atoms with Gasteiger partial charge in [-0.3, -0.25) is 0 Å². The van der Waals surface area contributed by atoms with E-state index in [1.807, 2.05) is 0 Å². The zero-order valence-electron chi connectivity index (χ0n) is 10.2. The standard InChI is InChI=1S/C12H19F2NO2/c1-16-9-11(4-12(11,13)14)7-15-5-10(6-15)2-3-17-8-10/h2-9H2,1H3/t11-/m1/s1. The summed E-state index contributed by atoms with van der Waals surface area (Å²) in [6, 6.07) is 0. The average Bonchev–Trinajstić information content (AvgIpc) is 2.63. The molecule has 1 saturated carbocycles. The number of hydrogen-bond acceptors (Lipinski definition) is 3. The smallest absolute Gasteiger partial charge is 0.258 e. The van der Waals surface area contributed by atoms with E-state index in [-0.39, 0.29) is 18.4 Å². The maximum absolute atomic E-state index is 13.4. The van der Waals surface area contributed by atoms with Crippen molar-refractivity contribution in [1.29, 1.82) is 0 Å². The summed E-state index contributed by atoms with van der Waals surface area (Å²) in [4.78, 5) is 2.13. The van der Waals surface area contributed by atoms with E-state index in [0.717, 1.165) is 32.7 Å². The lowest BCUT2D eigenvalue weighted by atomic mass is 9.78. The van der Waals surface area contributed by atoms with Gasteiger partial charge in [-0.05, 0) is 6.42 Å². The SMILES string of the molecule is COC[C@]1(CN2CC3(CCOC3)C2)CC1(F)F. The van der Waals surface area contributed by atoms with E-state index in [9.17, 15) is 8.78 Å². The number of alkyl halides is 2. The number of likely N-dealkylation sites (tertiary alicyclic amines) is 1. The van der Waals surface area contributed by atoms with Gasteiger partial charge in [0.05, 0.1) is 18.6 Å². The Kier molecular flexibility index (Phi) is 2.51. The Morgan fingerprint density at radius 3 is 2.53 bits per heavy atom. The van der Waals surface area contributed by atoms with Gasteiger partial charge in [0.2, 0.25) is 0 Å². The third kappa shape index (κ3) is 1.79. The van der Waals surface area contributed by atoms with Crippen molar-refractivity contribution in [2.24, 2.45) is 10.8 Å². The Labute approximate surface area is 100 Å². The average molecular weight is 247 g/mol. The predicted molar refractivity (Wildman–Crippen MR) is 58.2 cm³/mol. The third-order valence-corrected chi connectivity index (χ3v) is 4.46. The number of nitrogens with zero attached hydrogens (tertiary/aromatic N) is 1. The summed E-state index contributed by atoms with van der Waals surface area (Å²) >= 11 is 0. The number of hydrogen-bond donors (Lipinski definition) is 0. The summed E-state index contributed by atoms with van der Waals surface area (Å²) in [5.74, 6) is -2.53. The summed E-state index contributed by atoms with van der Waals surface area (Å²) < 4.78 is 37.1. The van der Waals surface area contributed by atoms with Crippen LogP contribution in [0.5, 0.6) is 0 Å². The molecule has 98 valence electrons. The van der Waals surface area contributed by atoms with Crippen molar-refractivity contribution in [2.45, 2.75) is 18.8 Å². The van der Waals surface area contributed by atoms with Crippen molar-refractivity contribution in [3.63, 3.8) is 0 Å². The first-order valence-electron chi connectivity index (χ1n) is 6.18. The lowest BCUT2D eigenvalue weighted by Crippen LogP contribution is -2.58.